The normalized spacial score (nSPS) is 18.3. The molecule has 24 heavy (non-hydrogen) atoms. The van der Waals surface area contributed by atoms with Crippen LogP contribution >= 0.6 is 0 Å². The van der Waals surface area contributed by atoms with E-state index in [1.807, 2.05) is 13.0 Å². The third-order valence-corrected chi connectivity index (χ3v) is 4.09. The van der Waals surface area contributed by atoms with Gasteiger partial charge in [-0.3, -0.25) is 9.59 Å². The van der Waals surface area contributed by atoms with Crippen LogP contribution in [0.4, 0.5) is 11.4 Å². The van der Waals surface area contributed by atoms with Crippen LogP contribution < -0.4 is 10.6 Å². The highest BCUT2D eigenvalue weighted by Crippen LogP contribution is 2.38. The number of carbonyl (C=O) groups excluding carboxylic acids is 2. The van der Waals surface area contributed by atoms with Gasteiger partial charge in [0.25, 0.3) is 5.91 Å². The van der Waals surface area contributed by atoms with Crippen molar-refractivity contribution >= 4 is 23.2 Å². The van der Waals surface area contributed by atoms with Gasteiger partial charge in [-0.15, -0.1) is 0 Å². The summed E-state index contributed by atoms with van der Waals surface area (Å²) in [5.74, 6) is 0.225. The van der Waals surface area contributed by atoms with E-state index in [0.717, 1.165) is 6.42 Å². The number of nitrogens with zero attached hydrogens (tertiary/aromatic N) is 1. The second-order valence-corrected chi connectivity index (χ2v) is 6.04. The van der Waals surface area contributed by atoms with Gasteiger partial charge in [0.15, 0.2) is 0 Å². The number of hydrogen-bond acceptors (Lipinski definition) is 3. The average molecular weight is 319 g/mol. The highest BCUT2D eigenvalue weighted by Gasteiger charge is 2.39. The second kappa shape index (κ2) is 6.55. The highest BCUT2D eigenvalue weighted by atomic mass is 16.2. The van der Waals surface area contributed by atoms with Crippen LogP contribution in [0.15, 0.2) is 48.5 Å². The van der Waals surface area contributed by atoms with E-state index in [4.69, 9.17) is 5.26 Å². The van der Waals surface area contributed by atoms with Crippen molar-refractivity contribution in [2.45, 2.75) is 13.3 Å². The van der Waals surface area contributed by atoms with Crippen LogP contribution in [0.2, 0.25) is 0 Å². The van der Waals surface area contributed by atoms with Crippen LogP contribution in [-0.4, -0.2) is 11.8 Å². The van der Waals surface area contributed by atoms with Crippen molar-refractivity contribution in [2.24, 2.45) is 11.8 Å². The molecule has 2 aromatic carbocycles. The minimum absolute atomic E-state index is 0.00165. The Labute approximate surface area is 140 Å². The van der Waals surface area contributed by atoms with Crippen molar-refractivity contribution in [2.75, 3.05) is 10.6 Å². The summed E-state index contributed by atoms with van der Waals surface area (Å²) in [5, 5.41) is 14.5. The Morgan fingerprint density at radius 1 is 1.08 bits per heavy atom. The zero-order chi connectivity index (χ0) is 17.1. The molecule has 0 bridgehead atoms. The van der Waals surface area contributed by atoms with Gasteiger partial charge in [0.05, 0.1) is 11.6 Å². The number of nitrogens with one attached hydrogen (secondary N) is 2. The third kappa shape index (κ3) is 3.61. The van der Waals surface area contributed by atoms with Crippen molar-refractivity contribution in [1.82, 2.24) is 0 Å². The maximum Gasteiger partial charge on any atom is 0.255 e. The lowest BCUT2D eigenvalue weighted by molar-refractivity contribution is -0.117. The fourth-order valence-corrected chi connectivity index (χ4v) is 2.53. The summed E-state index contributed by atoms with van der Waals surface area (Å²) in [4.78, 5) is 24.3. The smallest absolute Gasteiger partial charge is 0.255 e. The van der Waals surface area contributed by atoms with Crippen molar-refractivity contribution in [3.8, 4) is 6.07 Å². The van der Waals surface area contributed by atoms with E-state index in [1.165, 1.54) is 0 Å². The SMILES string of the molecule is CC1CC1C(=O)Nc1cccc(C(=O)Nc2cccc(C#N)c2)c1. The Balaban J connectivity index is 1.69. The molecule has 5 heteroatoms. The number of benzene rings is 2. The van der Waals surface area contributed by atoms with E-state index in [2.05, 4.69) is 10.6 Å². The zero-order valence-electron chi connectivity index (χ0n) is 13.2. The van der Waals surface area contributed by atoms with Gasteiger partial charge >= 0.3 is 0 Å². The molecule has 3 rings (SSSR count). The van der Waals surface area contributed by atoms with E-state index in [9.17, 15) is 9.59 Å². The summed E-state index contributed by atoms with van der Waals surface area (Å²) in [6.45, 7) is 2.05. The minimum Gasteiger partial charge on any atom is -0.326 e. The molecule has 2 atom stereocenters. The summed E-state index contributed by atoms with van der Waals surface area (Å²) < 4.78 is 0. The molecule has 2 N–H and O–H groups in total. The van der Waals surface area contributed by atoms with Gasteiger partial charge in [-0.1, -0.05) is 19.1 Å². The van der Waals surface area contributed by atoms with E-state index in [1.54, 1.807) is 48.5 Å². The molecular weight excluding hydrogens is 302 g/mol. The lowest BCUT2D eigenvalue weighted by Crippen LogP contribution is -2.16. The Kier molecular flexibility index (Phi) is 4.30. The molecule has 5 nitrogen and oxygen atoms in total. The summed E-state index contributed by atoms with van der Waals surface area (Å²) in [6, 6.07) is 15.6. The lowest BCUT2D eigenvalue weighted by atomic mass is 10.1. The first-order valence-corrected chi connectivity index (χ1v) is 7.79. The number of amides is 2. The van der Waals surface area contributed by atoms with Crippen LogP contribution in [0.1, 0.15) is 29.3 Å². The van der Waals surface area contributed by atoms with Gasteiger partial charge in [0.2, 0.25) is 5.91 Å². The quantitative estimate of drug-likeness (QED) is 0.906. The van der Waals surface area contributed by atoms with Crippen molar-refractivity contribution in [3.05, 3.63) is 59.7 Å². The third-order valence-electron chi connectivity index (χ3n) is 4.09. The molecule has 2 amide bonds. The first-order chi connectivity index (χ1) is 11.6. The highest BCUT2D eigenvalue weighted by molar-refractivity contribution is 6.05. The van der Waals surface area contributed by atoms with Crippen LogP contribution in [0.5, 0.6) is 0 Å². The Bertz CT molecular complexity index is 839. The zero-order valence-corrected chi connectivity index (χ0v) is 13.2. The molecule has 2 unspecified atom stereocenters. The predicted octanol–water partition coefficient (Wildman–Crippen LogP) is 3.41. The molecule has 1 aliphatic rings. The molecule has 0 radical (unpaired) electrons. The number of rotatable bonds is 4. The molecule has 0 aromatic heterocycles. The fraction of sp³-hybridized carbons (Fsp3) is 0.211. The maximum atomic E-state index is 12.3. The lowest BCUT2D eigenvalue weighted by Gasteiger charge is -2.08. The van der Waals surface area contributed by atoms with Crippen LogP contribution in [0, 0.1) is 23.2 Å². The Hall–Kier alpha value is -3.13. The van der Waals surface area contributed by atoms with Gasteiger partial charge in [0.1, 0.15) is 0 Å². The molecule has 1 fully saturated rings. The van der Waals surface area contributed by atoms with Gasteiger partial charge in [-0.25, -0.2) is 0 Å². The van der Waals surface area contributed by atoms with E-state index < -0.39 is 0 Å². The van der Waals surface area contributed by atoms with Crippen LogP contribution in [0.3, 0.4) is 0 Å². The Morgan fingerprint density at radius 3 is 2.42 bits per heavy atom. The molecular formula is C19H17N3O2. The van der Waals surface area contributed by atoms with Crippen molar-refractivity contribution in [3.63, 3.8) is 0 Å². The van der Waals surface area contributed by atoms with Gasteiger partial charge in [0, 0.05) is 22.9 Å². The first-order valence-electron chi connectivity index (χ1n) is 7.79. The number of carbonyl (C=O) groups is 2. The van der Waals surface area contributed by atoms with Gasteiger partial charge < -0.3 is 10.6 Å². The molecule has 0 aliphatic heterocycles. The standard InChI is InChI=1S/C19H17N3O2/c1-12-8-17(12)19(24)22-16-7-3-5-14(10-16)18(23)21-15-6-2-4-13(9-15)11-20/h2-7,9-10,12,17H,8H2,1H3,(H,21,23)(H,22,24). The van der Waals surface area contributed by atoms with Gasteiger partial charge in [-0.05, 0) is 48.7 Å². The van der Waals surface area contributed by atoms with E-state index in [0.29, 0.717) is 28.4 Å². The first kappa shape index (κ1) is 15.8. The van der Waals surface area contributed by atoms with Crippen molar-refractivity contribution < 1.29 is 9.59 Å². The summed E-state index contributed by atoms with van der Waals surface area (Å²) in [7, 11) is 0. The molecule has 0 saturated heterocycles. The number of hydrogen-bond donors (Lipinski definition) is 2. The molecule has 1 aliphatic carbocycles. The maximum absolute atomic E-state index is 12.3. The molecule has 120 valence electrons. The minimum atomic E-state index is -0.291. The topological polar surface area (TPSA) is 82.0 Å². The number of anilines is 2. The monoisotopic (exact) mass is 319 g/mol. The summed E-state index contributed by atoms with van der Waals surface area (Å²) in [6.07, 6.45) is 0.918. The second-order valence-electron chi connectivity index (χ2n) is 6.04. The summed E-state index contributed by atoms with van der Waals surface area (Å²) >= 11 is 0. The molecule has 2 aromatic rings. The summed E-state index contributed by atoms with van der Waals surface area (Å²) in [5.41, 5.74) is 2.09. The molecule has 0 spiro atoms. The predicted molar refractivity (Wildman–Crippen MR) is 91.5 cm³/mol. The number of nitriles is 1. The molecule has 0 heterocycles. The van der Waals surface area contributed by atoms with E-state index >= 15 is 0 Å². The molecule has 1 saturated carbocycles. The van der Waals surface area contributed by atoms with Crippen molar-refractivity contribution in [1.29, 1.82) is 5.26 Å². The average Bonchev–Trinajstić information content (AvgIpc) is 3.32. The Morgan fingerprint density at radius 2 is 1.75 bits per heavy atom. The van der Waals surface area contributed by atoms with Gasteiger partial charge in [-0.2, -0.15) is 5.26 Å². The van der Waals surface area contributed by atoms with Crippen LogP contribution in [-0.2, 0) is 4.79 Å². The largest absolute Gasteiger partial charge is 0.326 e. The fourth-order valence-electron chi connectivity index (χ4n) is 2.53. The van der Waals surface area contributed by atoms with Crippen LogP contribution in [0.25, 0.3) is 0 Å². The van der Waals surface area contributed by atoms with E-state index in [-0.39, 0.29) is 17.7 Å².